The fourth-order valence-electron chi connectivity index (χ4n) is 4.49. The Morgan fingerprint density at radius 2 is 1.49 bits per heavy atom. The fourth-order valence-corrected chi connectivity index (χ4v) is 9.13. The molecule has 0 saturated carbocycles. The number of nitrogens with one attached hydrogen (secondary N) is 1. The van der Waals surface area contributed by atoms with Crippen LogP contribution in [-0.2, 0) is 28.3 Å². The van der Waals surface area contributed by atoms with Crippen molar-refractivity contribution in [1.29, 1.82) is 0 Å². The van der Waals surface area contributed by atoms with Crippen molar-refractivity contribution < 1.29 is 33.4 Å². The van der Waals surface area contributed by atoms with Gasteiger partial charge < -0.3 is 24.3 Å². The number of ether oxygens (including phenoxy) is 2. The zero-order valence-corrected chi connectivity index (χ0v) is 21.5. The van der Waals surface area contributed by atoms with Crippen molar-refractivity contribution in [1.82, 2.24) is 5.32 Å². The first-order chi connectivity index (χ1) is 16.5. The Hall–Kier alpha value is -3.43. The average Bonchev–Trinajstić information content (AvgIpc) is 2.82. The third kappa shape index (κ3) is 5.31. The third-order valence-electron chi connectivity index (χ3n) is 5.98. The van der Waals surface area contributed by atoms with Crippen LogP contribution in [0.1, 0.15) is 27.7 Å². The van der Waals surface area contributed by atoms with Crippen LogP contribution in [0, 0.1) is 0 Å². The molecule has 9 heteroatoms. The van der Waals surface area contributed by atoms with Crippen LogP contribution in [0.2, 0.25) is 5.04 Å². The summed E-state index contributed by atoms with van der Waals surface area (Å²) < 4.78 is 17.3. The molecule has 1 aliphatic rings. The summed E-state index contributed by atoms with van der Waals surface area (Å²) in [7, 11) is -1.98. The third-order valence-corrected chi connectivity index (χ3v) is 11.0. The van der Waals surface area contributed by atoms with Gasteiger partial charge in [-0.3, -0.25) is 4.79 Å². The molecular weight excluding hydrogens is 466 g/mol. The summed E-state index contributed by atoms with van der Waals surface area (Å²) >= 11 is 0. The van der Waals surface area contributed by atoms with Gasteiger partial charge in [0.25, 0.3) is 8.32 Å². The Bertz CT molecular complexity index is 1060. The van der Waals surface area contributed by atoms with Crippen molar-refractivity contribution in [2.24, 2.45) is 0 Å². The Morgan fingerprint density at radius 1 is 0.971 bits per heavy atom. The van der Waals surface area contributed by atoms with Gasteiger partial charge in [-0.2, -0.15) is 0 Å². The smallest absolute Gasteiger partial charge is 0.373 e. The van der Waals surface area contributed by atoms with Gasteiger partial charge in [0.05, 0.1) is 13.2 Å². The maximum absolute atomic E-state index is 12.4. The number of amides is 1. The second kappa shape index (κ2) is 10.5. The molecule has 35 heavy (non-hydrogen) atoms. The molecule has 8 nitrogen and oxygen atoms in total. The van der Waals surface area contributed by atoms with Gasteiger partial charge in [-0.15, -0.1) is 0 Å². The highest BCUT2D eigenvalue weighted by Gasteiger charge is 2.54. The minimum Gasteiger partial charge on any atom is -0.478 e. The molecule has 2 N–H and O–H groups in total. The normalized spacial score (nSPS) is 20.3. The molecule has 0 spiro atoms. The van der Waals surface area contributed by atoms with Gasteiger partial charge in [0, 0.05) is 6.92 Å². The molecule has 3 atom stereocenters. The van der Waals surface area contributed by atoms with Crippen LogP contribution < -0.4 is 15.7 Å². The summed E-state index contributed by atoms with van der Waals surface area (Å²) in [6, 6.07) is 18.5. The summed E-state index contributed by atoms with van der Waals surface area (Å²) in [5.74, 6) is -2.89. The number of hydrogen-bond acceptors (Lipinski definition) is 6. The molecule has 1 heterocycles. The fraction of sp³-hybridized carbons (Fsp3) is 0.346. The second-order valence-corrected chi connectivity index (χ2v) is 13.6. The van der Waals surface area contributed by atoms with Crippen molar-refractivity contribution in [3.63, 3.8) is 0 Å². The molecule has 0 radical (unpaired) electrons. The van der Waals surface area contributed by atoms with E-state index in [1.807, 2.05) is 60.7 Å². The lowest BCUT2D eigenvalue weighted by Crippen LogP contribution is -2.70. The van der Waals surface area contributed by atoms with Gasteiger partial charge in [0.2, 0.25) is 17.8 Å². The largest absolute Gasteiger partial charge is 0.478 e. The SMILES string of the molecule is COC(=O)C1=C[C@@H](O[Si](c2ccccc2)(c2ccccc2)C(C)(C)C)[C@H](NC(C)=O)[C@H](C(=O)O)O1. The van der Waals surface area contributed by atoms with Crippen LogP contribution in [-0.4, -0.2) is 56.6 Å². The molecule has 0 saturated heterocycles. The van der Waals surface area contributed by atoms with E-state index in [1.54, 1.807) is 0 Å². The number of carboxylic acid groups (broad SMARTS) is 1. The van der Waals surface area contributed by atoms with Gasteiger partial charge >= 0.3 is 11.9 Å². The van der Waals surface area contributed by atoms with E-state index >= 15 is 0 Å². The second-order valence-electron chi connectivity index (χ2n) is 9.37. The maximum Gasteiger partial charge on any atom is 0.373 e. The number of carbonyl (C=O) groups excluding carboxylic acids is 2. The number of carboxylic acids is 1. The quantitative estimate of drug-likeness (QED) is 0.444. The molecular formula is C26H31NO7Si. The Balaban J connectivity index is 2.28. The van der Waals surface area contributed by atoms with Gasteiger partial charge in [0.15, 0.2) is 0 Å². The molecule has 1 aliphatic heterocycles. The summed E-state index contributed by atoms with van der Waals surface area (Å²) in [5.41, 5.74) is 0. The standard InChI is InChI=1S/C26H31NO7Si/c1-17(28)27-22-20(16-21(25(31)32-5)33-23(22)24(29)30)34-35(26(2,3)4,18-12-8-6-9-13-18)19-14-10-7-11-15-19/h6-16,20,22-23H,1-5H3,(H,27,28)(H,29,30)/t20-,22+,23-/m1/s1. The molecule has 2 aromatic rings. The molecule has 2 aromatic carbocycles. The molecule has 0 bridgehead atoms. The number of methoxy groups -OCH3 is 1. The van der Waals surface area contributed by atoms with Gasteiger partial charge in [-0.05, 0) is 21.5 Å². The Labute approximate surface area is 206 Å². The number of aliphatic carboxylic acids is 1. The Morgan fingerprint density at radius 3 is 1.89 bits per heavy atom. The van der Waals surface area contributed by atoms with Crippen LogP contribution >= 0.6 is 0 Å². The van der Waals surface area contributed by atoms with Crippen LogP contribution in [0.15, 0.2) is 72.5 Å². The monoisotopic (exact) mass is 497 g/mol. The number of hydrogen-bond donors (Lipinski definition) is 2. The van der Waals surface area contributed by atoms with Crippen LogP contribution in [0.4, 0.5) is 0 Å². The molecule has 1 amide bonds. The van der Waals surface area contributed by atoms with Gasteiger partial charge in [-0.25, -0.2) is 9.59 Å². The van der Waals surface area contributed by atoms with Crippen molar-refractivity contribution in [2.75, 3.05) is 7.11 Å². The minimum absolute atomic E-state index is 0.274. The van der Waals surface area contributed by atoms with Crippen molar-refractivity contribution in [2.45, 2.75) is 51.0 Å². The van der Waals surface area contributed by atoms with Crippen molar-refractivity contribution >= 4 is 36.5 Å². The van der Waals surface area contributed by atoms with Crippen molar-refractivity contribution in [3.05, 3.63) is 72.5 Å². The molecule has 186 valence electrons. The first kappa shape index (κ1) is 26.2. The van der Waals surface area contributed by atoms with Gasteiger partial charge in [0.1, 0.15) is 6.04 Å². The summed E-state index contributed by atoms with van der Waals surface area (Å²) in [6.45, 7) is 7.51. The van der Waals surface area contributed by atoms with E-state index in [9.17, 15) is 19.5 Å². The van der Waals surface area contributed by atoms with Crippen LogP contribution in [0.25, 0.3) is 0 Å². The van der Waals surface area contributed by atoms with Crippen LogP contribution in [0.5, 0.6) is 0 Å². The average molecular weight is 498 g/mol. The van der Waals surface area contributed by atoms with E-state index in [4.69, 9.17) is 13.9 Å². The predicted octanol–water partition coefficient (Wildman–Crippen LogP) is 1.98. The molecule has 0 unspecified atom stereocenters. The first-order valence-corrected chi connectivity index (χ1v) is 13.2. The summed E-state index contributed by atoms with van der Waals surface area (Å²) in [6.07, 6.45) is -1.14. The van der Waals surface area contributed by atoms with Crippen LogP contribution in [0.3, 0.4) is 0 Å². The molecule has 0 aliphatic carbocycles. The van der Waals surface area contributed by atoms with E-state index < -0.39 is 49.5 Å². The predicted molar refractivity (Wildman–Crippen MR) is 133 cm³/mol. The highest BCUT2D eigenvalue weighted by Crippen LogP contribution is 2.39. The Kier molecular flexibility index (Phi) is 7.82. The number of rotatable bonds is 7. The highest BCUT2D eigenvalue weighted by molar-refractivity contribution is 6.99. The lowest BCUT2D eigenvalue weighted by atomic mass is 10.0. The first-order valence-electron chi connectivity index (χ1n) is 11.3. The minimum atomic E-state index is -3.16. The van der Waals surface area contributed by atoms with E-state index in [0.29, 0.717) is 0 Å². The van der Waals surface area contributed by atoms with Crippen molar-refractivity contribution in [3.8, 4) is 0 Å². The number of benzene rings is 2. The maximum atomic E-state index is 12.4. The molecule has 3 rings (SSSR count). The topological polar surface area (TPSA) is 111 Å². The number of esters is 1. The molecule has 0 aromatic heterocycles. The lowest BCUT2D eigenvalue weighted by Gasteiger charge is -2.47. The number of carbonyl (C=O) groups is 3. The zero-order valence-electron chi connectivity index (χ0n) is 20.5. The van der Waals surface area contributed by atoms with E-state index in [1.165, 1.54) is 20.1 Å². The molecule has 0 fully saturated rings. The lowest BCUT2D eigenvalue weighted by molar-refractivity contribution is -0.157. The van der Waals surface area contributed by atoms with Gasteiger partial charge in [-0.1, -0.05) is 81.4 Å². The summed E-state index contributed by atoms with van der Waals surface area (Å²) in [4.78, 5) is 36.6. The zero-order chi connectivity index (χ0) is 25.8. The summed E-state index contributed by atoms with van der Waals surface area (Å²) in [5, 5.41) is 14.1. The van der Waals surface area contributed by atoms with E-state index in [2.05, 4.69) is 26.1 Å². The van der Waals surface area contributed by atoms with E-state index in [-0.39, 0.29) is 5.76 Å². The van der Waals surface area contributed by atoms with E-state index in [0.717, 1.165) is 10.4 Å². The highest BCUT2D eigenvalue weighted by atomic mass is 28.4.